The lowest BCUT2D eigenvalue weighted by Crippen LogP contribution is -2.52. The van der Waals surface area contributed by atoms with Gasteiger partial charge in [-0.15, -0.1) is 0 Å². The highest BCUT2D eigenvalue weighted by atomic mass is 16.6. The SMILES string of the molecule is C[C@@H]1C(O)C[C@@H](NC(=O)[C@H](CC2CCCCC2)NC(=O)OC(C)(C)C)CCN1C(=O)OCc1ccccc1. The van der Waals surface area contributed by atoms with E-state index in [1.807, 2.05) is 30.3 Å². The van der Waals surface area contributed by atoms with E-state index in [0.29, 0.717) is 31.7 Å². The third kappa shape index (κ3) is 9.49. The van der Waals surface area contributed by atoms with Gasteiger partial charge >= 0.3 is 12.2 Å². The van der Waals surface area contributed by atoms with Crippen molar-refractivity contribution in [3.8, 4) is 0 Å². The van der Waals surface area contributed by atoms with Crippen molar-refractivity contribution in [3.63, 3.8) is 0 Å². The van der Waals surface area contributed by atoms with Crippen LogP contribution in [0.4, 0.5) is 9.59 Å². The van der Waals surface area contributed by atoms with E-state index in [0.717, 1.165) is 31.2 Å². The molecule has 1 saturated heterocycles. The number of amides is 3. The Morgan fingerprint density at radius 2 is 1.76 bits per heavy atom. The number of aliphatic hydroxyl groups is 1. The first-order chi connectivity index (χ1) is 18.0. The molecule has 0 aromatic heterocycles. The minimum absolute atomic E-state index is 0.151. The highest BCUT2D eigenvalue weighted by Crippen LogP contribution is 2.28. The van der Waals surface area contributed by atoms with Gasteiger partial charge < -0.3 is 30.1 Å². The first-order valence-corrected chi connectivity index (χ1v) is 14.0. The van der Waals surface area contributed by atoms with Gasteiger partial charge in [-0.3, -0.25) is 4.79 Å². The molecule has 0 radical (unpaired) electrons. The number of rotatable bonds is 7. The number of hydrogen-bond donors (Lipinski definition) is 3. The molecule has 1 heterocycles. The number of hydrogen-bond acceptors (Lipinski definition) is 6. The molecule has 1 aromatic carbocycles. The molecule has 38 heavy (non-hydrogen) atoms. The Bertz CT molecular complexity index is 913. The molecule has 212 valence electrons. The predicted octanol–water partition coefficient (Wildman–Crippen LogP) is 4.52. The minimum atomic E-state index is -0.831. The monoisotopic (exact) mass is 531 g/mol. The van der Waals surface area contributed by atoms with Crippen molar-refractivity contribution >= 4 is 18.1 Å². The van der Waals surface area contributed by atoms with Gasteiger partial charge in [0.2, 0.25) is 5.91 Å². The Morgan fingerprint density at radius 1 is 1.08 bits per heavy atom. The summed E-state index contributed by atoms with van der Waals surface area (Å²) < 4.78 is 10.9. The first kappa shape index (κ1) is 29.7. The zero-order valence-electron chi connectivity index (χ0n) is 23.3. The van der Waals surface area contributed by atoms with Gasteiger partial charge in [-0.05, 0) is 58.4 Å². The average molecular weight is 532 g/mol. The summed E-state index contributed by atoms with van der Waals surface area (Å²) in [6, 6.07) is 7.90. The third-order valence-corrected chi connectivity index (χ3v) is 7.38. The van der Waals surface area contributed by atoms with Crippen LogP contribution in [0.5, 0.6) is 0 Å². The van der Waals surface area contributed by atoms with Crippen LogP contribution in [0.25, 0.3) is 0 Å². The minimum Gasteiger partial charge on any atom is -0.445 e. The summed E-state index contributed by atoms with van der Waals surface area (Å²) in [7, 11) is 0. The lowest BCUT2D eigenvalue weighted by atomic mass is 9.84. The van der Waals surface area contributed by atoms with E-state index in [9.17, 15) is 19.5 Å². The van der Waals surface area contributed by atoms with E-state index in [2.05, 4.69) is 10.6 Å². The standard InChI is InChI=1S/C29H45N3O6/c1-20-25(33)18-23(15-16-32(20)28(36)37-19-22-13-9-6-10-14-22)30-26(34)24(17-21-11-7-5-8-12-21)31-27(35)38-29(2,3)4/h6,9-10,13-14,20-21,23-25,33H,5,7-8,11-12,15-19H2,1-4H3,(H,30,34)(H,31,35)/t20-,23+,24+,25?/m1/s1. The van der Waals surface area contributed by atoms with Gasteiger partial charge in [-0.2, -0.15) is 0 Å². The van der Waals surface area contributed by atoms with Gasteiger partial charge in [0, 0.05) is 12.6 Å². The fourth-order valence-electron chi connectivity index (χ4n) is 5.24. The maximum absolute atomic E-state index is 13.4. The topological polar surface area (TPSA) is 117 Å². The Hall–Kier alpha value is -2.81. The van der Waals surface area contributed by atoms with Crippen LogP contribution in [-0.2, 0) is 20.9 Å². The van der Waals surface area contributed by atoms with Gasteiger partial charge in [0.25, 0.3) is 0 Å². The molecule has 1 aliphatic carbocycles. The molecule has 0 spiro atoms. The zero-order valence-corrected chi connectivity index (χ0v) is 23.3. The highest BCUT2D eigenvalue weighted by Gasteiger charge is 2.35. The molecule has 3 N–H and O–H groups in total. The largest absolute Gasteiger partial charge is 0.445 e. The number of alkyl carbamates (subject to hydrolysis) is 1. The lowest BCUT2D eigenvalue weighted by molar-refractivity contribution is -0.124. The molecule has 9 nitrogen and oxygen atoms in total. The van der Waals surface area contributed by atoms with Crippen LogP contribution >= 0.6 is 0 Å². The molecule has 9 heteroatoms. The molecule has 0 bridgehead atoms. The van der Waals surface area contributed by atoms with Crippen LogP contribution in [0.3, 0.4) is 0 Å². The molecule has 1 unspecified atom stereocenters. The number of likely N-dealkylation sites (tertiary alicyclic amines) is 1. The van der Waals surface area contributed by atoms with E-state index in [1.54, 1.807) is 27.7 Å². The molecule has 1 aliphatic heterocycles. The number of aliphatic hydroxyl groups excluding tert-OH is 1. The molecule has 3 rings (SSSR count). The number of nitrogens with one attached hydrogen (secondary N) is 2. The van der Waals surface area contributed by atoms with Crippen LogP contribution in [0.15, 0.2) is 30.3 Å². The third-order valence-electron chi connectivity index (χ3n) is 7.38. The summed E-state index contributed by atoms with van der Waals surface area (Å²) in [6.07, 6.45) is 4.94. The van der Waals surface area contributed by atoms with Crippen LogP contribution in [0.2, 0.25) is 0 Å². The molecule has 1 aromatic rings. The predicted molar refractivity (Wildman–Crippen MR) is 144 cm³/mol. The molecular weight excluding hydrogens is 486 g/mol. The molecule has 2 fully saturated rings. The average Bonchev–Trinajstić information content (AvgIpc) is 3.00. The Labute approximate surface area is 226 Å². The molecular formula is C29H45N3O6. The summed E-state index contributed by atoms with van der Waals surface area (Å²) in [4.78, 5) is 40.3. The summed E-state index contributed by atoms with van der Waals surface area (Å²) in [6.45, 7) is 7.63. The van der Waals surface area contributed by atoms with Crippen molar-refractivity contribution in [1.29, 1.82) is 0 Å². The van der Waals surface area contributed by atoms with Gasteiger partial charge in [0.1, 0.15) is 18.2 Å². The molecule has 3 amide bonds. The van der Waals surface area contributed by atoms with Crippen molar-refractivity contribution < 1.29 is 29.0 Å². The number of carbonyl (C=O) groups excluding carboxylic acids is 3. The van der Waals surface area contributed by atoms with Crippen LogP contribution in [-0.4, -0.2) is 64.5 Å². The van der Waals surface area contributed by atoms with E-state index < -0.39 is 36.0 Å². The van der Waals surface area contributed by atoms with Gasteiger partial charge in [0.15, 0.2) is 0 Å². The van der Waals surface area contributed by atoms with Gasteiger partial charge in [0.05, 0.1) is 12.1 Å². The number of carbonyl (C=O) groups is 3. The highest BCUT2D eigenvalue weighted by molar-refractivity contribution is 5.86. The Balaban J connectivity index is 1.60. The van der Waals surface area contributed by atoms with Crippen molar-refractivity contribution in [3.05, 3.63) is 35.9 Å². The number of ether oxygens (including phenoxy) is 2. The summed E-state index contributed by atoms with van der Waals surface area (Å²) >= 11 is 0. The number of benzene rings is 1. The van der Waals surface area contributed by atoms with E-state index in [4.69, 9.17) is 9.47 Å². The lowest BCUT2D eigenvalue weighted by Gasteiger charge is -2.29. The van der Waals surface area contributed by atoms with E-state index in [1.165, 1.54) is 11.3 Å². The van der Waals surface area contributed by atoms with E-state index >= 15 is 0 Å². The normalized spacial score (nSPS) is 23.6. The fraction of sp³-hybridized carbons (Fsp3) is 0.690. The first-order valence-electron chi connectivity index (χ1n) is 14.0. The summed E-state index contributed by atoms with van der Waals surface area (Å²) in [5.41, 5.74) is 0.214. The van der Waals surface area contributed by atoms with E-state index in [-0.39, 0.29) is 18.6 Å². The summed E-state index contributed by atoms with van der Waals surface area (Å²) in [5, 5.41) is 16.6. The van der Waals surface area contributed by atoms with Crippen LogP contribution in [0, 0.1) is 5.92 Å². The second-order valence-corrected chi connectivity index (χ2v) is 11.7. The van der Waals surface area contributed by atoms with Crippen molar-refractivity contribution in [1.82, 2.24) is 15.5 Å². The number of nitrogens with zero attached hydrogens (tertiary/aromatic N) is 1. The Kier molecular flexibility index (Phi) is 10.8. The maximum Gasteiger partial charge on any atom is 0.410 e. The smallest absolute Gasteiger partial charge is 0.410 e. The van der Waals surface area contributed by atoms with Crippen molar-refractivity contribution in [2.24, 2.45) is 5.92 Å². The second-order valence-electron chi connectivity index (χ2n) is 11.7. The van der Waals surface area contributed by atoms with Crippen LogP contribution < -0.4 is 10.6 Å². The van der Waals surface area contributed by atoms with Crippen molar-refractivity contribution in [2.45, 2.75) is 115 Å². The molecule has 4 atom stereocenters. The van der Waals surface area contributed by atoms with Crippen molar-refractivity contribution in [2.75, 3.05) is 6.54 Å². The second kappa shape index (κ2) is 13.8. The Morgan fingerprint density at radius 3 is 2.42 bits per heavy atom. The maximum atomic E-state index is 13.4. The zero-order chi connectivity index (χ0) is 27.7. The fourth-order valence-corrected chi connectivity index (χ4v) is 5.24. The summed E-state index contributed by atoms with van der Waals surface area (Å²) in [5.74, 6) is 0.0791. The molecule has 1 saturated carbocycles. The van der Waals surface area contributed by atoms with Gasteiger partial charge in [-0.25, -0.2) is 9.59 Å². The van der Waals surface area contributed by atoms with Gasteiger partial charge in [-0.1, -0.05) is 62.4 Å². The quantitative estimate of drug-likeness (QED) is 0.476. The van der Waals surface area contributed by atoms with Crippen LogP contribution in [0.1, 0.15) is 84.6 Å². The molecule has 2 aliphatic rings.